The SMILES string of the molecule is O=C(O)c1c(O)cc(=O)n2ccccc12. The molecule has 2 rings (SSSR count). The Morgan fingerprint density at radius 3 is 2.73 bits per heavy atom. The van der Waals surface area contributed by atoms with Crippen LogP contribution in [-0.4, -0.2) is 20.6 Å². The summed E-state index contributed by atoms with van der Waals surface area (Å²) in [5, 5.41) is 18.2. The summed E-state index contributed by atoms with van der Waals surface area (Å²) in [5.74, 6) is -1.78. The van der Waals surface area contributed by atoms with Crippen molar-refractivity contribution in [3.8, 4) is 5.75 Å². The Hall–Kier alpha value is -2.30. The fraction of sp³-hybridized carbons (Fsp3) is 0. The maximum Gasteiger partial charge on any atom is 0.341 e. The highest BCUT2D eigenvalue weighted by molar-refractivity contribution is 5.98. The molecule has 0 unspecified atom stereocenters. The summed E-state index contributed by atoms with van der Waals surface area (Å²) in [6.45, 7) is 0. The van der Waals surface area contributed by atoms with Crippen LogP contribution < -0.4 is 5.56 Å². The smallest absolute Gasteiger partial charge is 0.341 e. The Bertz CT molecular complexity index is 600. The summed E-state index contributed by atoms with van der Waals surface area (Å²) in [6.07, 6.45) is 1.45. The number of aromatic carboxylic acids is 1. The predicted molar refractivity (Wildman–Crippen MR) is 52.3 cm³/mol. The molecule has 0 atom stereocenters. The van der Waals surface area contributed by atoms with Gasteiger partial charge >= 0.3 is 5.97 Å². The monoisotopic (exact) mass is 205 g/mol. The number of aromatic nitrogens is 1. The zero-order valence-electron chi connectivity index (χ0n) is 7.54. The third-order valence-electron chi connectivity index (χ3n) is 2.08. The van der Waals surface area contributed by atoms with Crippen molar-refractivity contribution in [3.05, 3.63) is 46.4 Å². The van der Waals surface area contributed by atoms with Gasteiger partial charge in [0, 0.05) is 12.3 Å². The Morgan fingerprint density at radius 2 is 2.07 bits per heavy atom. The van der Waals surface area contributed by atoms with Crippen molar-refractivity contribution in [1.29, 1.82) is 0 Å². The van der Waals surface area contributed by atoms with Crippen LogP contribution >= 0.6 is 0 Å². The number of carboxylic acids is 1. The maximum atomic E-state index is 11.4. The molecule has 0 bridgehead atoms. The zero-order valence-corrected chi connectivity index (χ0v) is 7.54. The van der Waals surface area contributed by atoms with Gasteiger partial charge in [-0.1, -0.05) is 6.07 Å². The minimum absolute atomic E-state index is 0.176. The van der Waals surface area contributed by atoms with Gasteiger partial charge in [0.2, 0.25) is 0 Å². The molecule has 0 aromatic carbocycles. The average Bonchev–Trinajstić information content (AvgIpc) is 2.17. The molecule has 0 amide bonds. The zero-order chi connectivity index (χ0) is 11.0. The number of fused-ring (bicyclic) bond motifs is 1. The minimum atomic E-state index is -1.27. The van der Waals surface area contributed by atoms with Crippen LogP contribution in [0.4, 0.5) is 0 Å². The van der Waals surface area contributed by atoms with E-state index in [4.69, 9.17) is 5.11 Å². The van der Waals surface area contributed by atoms with Crippen LogP contribution in [0.5, 0.6) is 5.75 Å². The lowest BCUT2D eigenvalue weighted by atomic mass is 10.2. The average molecular weight is 205 g/mol. The van der Waals surface area contributed by atoms with E-state index in [0.29, 0.717) is 0 Å². The Morgan fingerprint density at radius 1 is 1.33 bits per heavy atom. The minimum Gasteiger partial charge on any atom is -0.507 e. The van der Waals surface area contributed by atoms with E-state index in [1.807, 2.05) is 0 Å². The molecule has 0 radical (unpaired) electrons. The molecule has 0 aliphatic rings. The lowest BCUT2D eigenvalue weighted by Crippen LogP contribution is -2.15. The molecule has 5 heteroatoms. The normalized spacial score (nSPS) is 10.4. The van der Waals surface area contributed by atoms with Gasteiger partial charge in [0.25, 0.3) is 5.56 Å². The fourth-order valence-corrected chi connectivity index (χ4v) is 1.45. The number of rotatable bonds is 1. The maximum absolute atomic E-state index is 11.4. The van der Waals surface area contributed by atoms with Crippen molar-refractivity contribution in [1.82, 2.24) is 4.40 Å². The molecule has 2 N–H and O–H groups in total. The highest BCUT2D eigenvalue weighted by Gasteiger charge is 2.15. The second-order valence-corrected chi connectivity index (χ2v) is 3.00. The number of hydrogen-bond donors (Lipinski definition) is 2. The Kier molecular flexibility index (Phi) is 1.93. The van der Waals surface area contributed by atoms with Gasteiger partial charge in [0.05, 0.1) is 5.52 Å². The van der Waals surface area contributed by atoms with E-state index >= 15 is 0 Å². The number of nitrogens with zero attached hydrogens (tertiary/aromatic N) is 1. The van der Waals surface area contributed by atoms with Gasteiger partial charge in [-0.25, -0.2) is 4.79 Å². The van der Waals surface area contributed by atoms with E-state index in [1.165, 1.54) is 16.7 Å². The first-order chi connectivity index (χ1) is 7.11. The molecule has 5 nitrogen and oxygen atoms in total. The number of carbonyl (C=O) groups is 1. The van der Waals surface area contributed by atoms with Gasteiger partial charge in [-0.05, 0) is 12.1 Å². The van der Waals surface area contributed by atoms with Gasteiger partial charge in [-0.15, -0.1) is 0 Å². The van der Waals surface area contributed by atoms with E-state index in [-0.39, 0.29) is 11.1 Å². The molecule has 76 valence electrons. The Balaban J connectivity index is 3.03. The lowest BCUT2D eigenvalue weighted by Gasteiger charge is -2.05. The van der Waals surface area contributed by atoms with E-state index in [2.05, 4.69) is 0 Å². The van der Waals surface area contributed by atoms with Crippen molar-refractivity contribution in [2.24, 2.45) is 0 Å². The third-order valence-corrected chi connectivity index (χ3v) is 2.08. The molecule has 2 aromatic heterocycles. The van der Waals surface area contributed by atoms with E-state index < -0.39 is 17.3 Å². The molecule has 0 spiro atoms. The number of pyridine rings is 2. The van der Waals surface area contributed by atoms with Crippen LogP contribution in [-0.2, 0) is 0 Å². The highest BCUT2D eigenvalue weighted by atomic mass is 16.4. The van der Waals surface area contributed by atoms with E-state index in [0.717, 1.165) is 6.07 Å². The van der Waals surface area contributed by atoms with Gasteiger partial charge in [-0.3, -0.25) is 9.20 Å². The van der Waals surface area contributed by atoms with Gasteiger partial charge in [0.15, 0.2) is 0 Å². The molecular weight excluding hydrogens is 198 g/mol. The third kappa shape index (κ3) is 1.34. The van der Waals surface area contributed by atoms with Crippen LogP contribution in [0.3, 0.4) is 0 Å². The molecule has 0 saturated heterocycles. The molecular formula is C10H7NO4. The summed E-state index contributed by atoms with van der Waals surface area (Å²) >= 11 is 0. The first kappa shape index (κ1) is 9.26. The van der Waals surface area contributed by atoms with Crippen molar-refractivity contribution in [2.75, 3.05) is 0 Å². The quantitative estimate of drug-likeness (QED) is 0.718. The number of aromatic hydroxyl groups is 1. The topological polar surface area (TPSA) is 79.0 Å². The second kappa shape index (κ2) is 3.13. The summed E-state index contributed by atoms with van der Waals surface area (Å²) < 4.78 is 1.17. The first-order valence-electron chi connectivity index (χ1n) is 4.18. The van der Waals surface area contributed by atoms with Crippen LogP contribution in [0.1, 0.15) is 10.4 Å². The van der Waals surface area contributed by atoms with Crippen LogP contribution in [0.2, 0.25) is 0 Å². The van der Waals surface area contributed by atoms with E-state index in [9.17, 15) is 14.7 Å². The summed E-state index contributed by atoms with van der Waals surface area (Å²) in [7, 11) is 0. The van der Waals surface area contributed by atoms with Gasteiger partial charge in [-0.2, -0.15) is 0 Å². The van der Waals surface area contributed by atoms with E-state index in [1.54, 1.807) is 12.1 Å². The molecule has 2 aromatic rings. The van der Waals surface area contributed by atoms with Crippen molar-refractivity contribution in [2.45, 2.75) is 0 Å². The fourth-order valence-electron chi connectivity index (χ4n) is 1.45. The molecule has 0 fully saturated rings. The molecule has 0 aliphatic heterocycles. The summed E-state index contributed by atoms with van der Waals surface area (Å²) in [4.78, 5) is 22.3. The van der Waals surface area contributed by atoms with Gasteiger partial charge in [0.1, 0.15) is 11.3 Å². The first-order valence-corrected chi connectivity index (χ1v) is 4.18. The summed E-state index contributed by atoms with van der Waals surface area (Å²) in [6, 6.07) is 5.55. The molecule has 0 aliphatic carbocycles. The van der Waals surface area contributed by atoms with Crippen LogP contribution in [0.15, 0.2) is 35.3 Å². The van der Waals surface area contributed by atoms with Crippen LogP contribution in [0.25, 0.3) is 5.52 Å². The molecule has 0 saturated carbocycles. The van der Waals surface area contributed by atoms with Gasteiger partial charge < -0.3 is 10.2 Å². The standard InChI is InChI=1S/C10H7NO4/c12-7-5-8(13)11-4-2-1-3-6(11)9(7)10(14)15/h1-5,12H,(H,14,15). The van der Waals surface area contributed by atoms with Crippen molar-refractivity contribution >= 4 is 11.5 Å². The highest BCUT2D eigenvalue weighted by Crippen LogP contribution is 2.19. The second-order valence-electron chi connectivity index (χ2n) is 3.00. The largest absolute Gasteiger partial charge is 0.507 e. The molecule has 15 heavy (non-hydrogen) atoms. The van der Waals surface area contributed by atoms with Crippen LogP contribution in [0, 0.1) is 0 Å². The molecule has 2 heterocycles. The lowest BCUT2D eigenvalue weighted by molar-refractivity contribution is 0.0695. The number of hydrogen-bond acceptors (Lipinski definition) is 3. The summed E-state index contributed by atoms with van der Waals surface area (Å²) in [5.41, 5.74) is -0.557. The van der Waals surface area contributed by atoms with Crippen molar-refractivity contribution < 1.29 is 15.0 Å². The Labute approximate surface area is 83.8 Å². The number of carboxylic acid groups (broad SMARTS) is 1. The predicted octanol–water partition coefficient (Wildman–Crippen LogP) is 0.703. The van der Waals surface area contributed by atoms with Crippen molar-refractivity contribution in [3.63, 3.8) is 0 Å².